The Hall–Kier alpha value is -2.86. The number of hydrogen-bond donors (Lipinski definition) is 0. The number of rotatable bonds is 4. The average Bonchev–Trinajstić information content (AvgIpc) is 3.11. The topological polar surface area (TPSA) is 48.1 Å². The summed E-state index contributed by atoms with van der Waals surface area (Å²) >= 11 is 1.60. The zero-order valence-electron chi connectivity index (χ0n) is 16.3. The first-order valence-electron chi connectivity index (χ1n) is 9.39. The van der Waals surface area contributed by atoms with E-state index in [1.165, 1.54) is 5.56 Å². The first kappa shape index (κ1) is 18.5. The van der Waals surface area contributed by atoms with Crippen molar-refractivity contribution in [2.45, 2.75) is 20.8 Å². The van der Waals surface area contributed by atoms with Crippen LogP contribution in [0.1, 0.15) is 25.0 Å². The van der Waals surface area contributed by atoms with Crippen molar-refractivity contribution in [3.8, 4) is 22.8 Å². The molecule has 1 aromatic heterocycles. The maximum Gasteiger partial charge on any atom is 0.206 e. The third-order valence-corrected chi connectivity index (χ3v) is 5.39. The molecule has 6 heteroatoms. The Morgan fingerprint density at radius 3 is 2.57 bits per heavy atom. The standard InChI is InChI=1S/C22H23N3O2S/c1-4-23-22-25(19(14-28-22)17-7-5-15(2)6-8-17)24-16(3)18-9-10-20-21(13-18)27-12-11-26-20/h5-10,13-14H,4,11-12H2,1-3H3. The Morgan fingerprint density at radius 1 is 1.07 bits per heavy atom. The maximum absolute atomic E-state index is 5.71. The number of aromatic nitrogens is 1. The molecule has 0 saturated heterocycles. The number of hydrogen-bond acceptors (Lipinski definition) is 5. The van der Waals surface area contributed by atoms with Gasteiger partial charge in [-0.3, -0.25) is 4.99 Å². The van der Waals surface area contributed by atoms with Gasteiger partial charge in [0.2, 0.25) is 4.80 Å². The van der Waals surface area contributed by atoms with Crippen molar-refractivity contribution in [1.82, 2.24) is 4.68 Å². The van der Waals surface area contributed by atoms with Gasteiger partial charge in [0.1, 0.15) is 13.2 Å². The largest absolute Gasteiger partial charge is 0.486 e. The quantitative estimate of drug-likeness (QED) is 0.613. The second-order valence-corrected chi connectivity index (χ2v) is 7.44. The van der Waals surface area contributed by atoms with Gasteiger partial charge in [-0.1, -0.05) is 29.8 Å². The van der Waals surface area contributed by atoms with Crippen molar-refractivity contribution >= 4 is 17.0 Å². The fourth-order valence-corrected chi connectivity index (χ4v) is 3.93. The molecule has 0 radical (unpaired) electrons. The van der Waals surface area contributed by atoms with Crippen molar-refractivity contribution in [2.24, 2.45) is 10.1 Å². The molecule has 2 aromatic carbocycles. The molecule has 0 N–H and O–H groups in total. The number of fused-ring (bicyclic) bond motifs is 1. The highest BCUT2D eigenvalue weighted by molar-refractivity contribution is 7.07. The minimum absolute atomic E-state index is 0.572. The average molecular weight is 394 g/mol. The lowest BCUT2D eigenvalue weighted by atomic mass is 10.1. The third-order valence-electron chi connectivity index (χ3n) is 4.54. The minimum atomic E-state index is 0.572. The van der Waals surface area contributed by atoms with E-state index in [0.29, 0.717) is 19.8 Å². The highest BCUT2D eigenvalue weighted by Gasteiger charge is 2.14. The van der Waals surface area contributed by atoms with E-state index < -0.39 is 0 Å². The predicted molar refractivity (Wildman–Crippen MR) is 114 cm³/mol. The fourth-order valence-electron chi connectivity index (χ4n) is 3.04. The Labute approximate surface area is 168 Å². The SMILES string of the molecule is CCN=c1scc(-c2ccc(C)cc2)n1N=C(C)c1ccc2c(c1)OCCO2. The van der Waals surface area contributed by atoms with Crippen LogP contribution in [0.25, 0.3) is 11.3 Å². The van der Waals surface area contributed by atoms with Gasteiger partial charge in [-0.25, -0.2) is 4.68 Å². The summed E-state index contributed by atoms with van der Waals surface area (Å²) in [6.07, 6.45) is 0. The molecule has 0 saturated carbocycles. The lowest BCUT2D eigenvalue weighted by molar-refractivity contribution is 0.171. The third kappa shape index (κ3) is 3.73. The van der Waals surface area contributed by atoms with Gasteiger partial charge in [-0.05, 0) is 39.0 Å². The Bertz CT molecular complexity index is 1080. The molecule has 28 heavy (non-hydrogen) atoms. The molecule has 2 heterocycles. The van der Waals surface area contributed by atoms with E-state index in [2.05, 4.69) is 41.6 Å². The molecule has 0 amide bonds. The highest BCUT2D eigenvalue weighted by Crippen LogP contribution is 2.31. The van der Waals surface area contributed by atoms with Crippen LogP contribution in [0.2, 0.25) is 0 Å². The van der Waals surface area contributed by atoms with Gasteiger partial charge in [0.15, 0.2) is 11.5 Å². The molecule has 0 atom stereocenters. The van der Waals surface area contributed by atoms with Crippen molar-refractivity contribution in [1.29, 1.82) is 0 Å². The smallest absolute Gasteiger partial charge is 0.206 e. The van der Waals surface area contributed by atoms with Gasteiger partial charge < -0.3 is 9.47 Å². The molecule has 0 unspecified atom stereocenters. The molecule has 5 nitrogen and oxygen atoms in total. The minimum Gasteiger partial charge on any atom is -0.486 e. The second-order valence-electron chi connectivity index (χ2n) is 6.60. The van der Waals surface area contributed by atoms with Gasteiger partial charge in [0, 0.05) is 23.1 Å². The molecule has 144 valence electrons. The van der Waals surface area contributed by atoms with Crippen LogP contribution in [0.15, 0.2) is 57.9 Å². The number of ether oxygens (including phenoxy) is 2. The molecule has 0 spiro atoms. The first-order chi connectivity index (χ1) is 13.7. The fraction of sp³-hybridized carbons (Fsp3) is 0.273. The van der Waals surface area contributed by atoms with Crippen LogP contribution in [0.4, 0.5) is 0 Å². The van der Waals surface area contributed by atoms with Crippen molar-refractivity contribution in [2.75, 3.05) is 19.8 Å². The molecular weight excluding hydrogens is 370 g/mol. The molecule has 0 bridgehead atoms. The lowest BCUT2D eigenvalue weighted by Crippen LogP contribution is -2.16. The molecular formula is C22H23N3O2S. The van der Waals surface area contributed by atoms with E-state index in [-0.39, 0.29) is 0 Å². The Kier molecular flexibility index (Phi) is 5.30. The number of benzene rings is 2. The van der Waals surface area contributed by atoms with E-state index in [1.807, 2.05) is 36.7 Å². The van der Waals surface area contributed by atoms with E-state index >= 15 is 0 Å². The number of aryl methyl sites for hydroxylation is 1. The van der Waals surface area contributed by atoms with E-state index in [4.69, 9.17) is 14.6 Å². The van der Waals surface area contributed by atoms with Crippen LogP contribution in [0, 0.1) is 6.92 Å². The molecule has 0 aliphatic carbocycles. The van der Waals surface area contributed by atoms with Crippen molar-refractivity contribution in [3.05, 3.63) is 63.8 Å². The number of thiazole rings is 1. The van der Waals surface area contributed by atoms with Crippen LogP contribution in [-0.2, 0) is 0 Å². The summed E-state index contributed by atoms with van der Waals surface area (Å²) in [7, 11) is 0. The van der Waals surface area contributed by atoms with Gasteiger partial charge in [0.05, 0.1) is 11.4 Å². The molecule has 1 aliphatic rings. The predicted octanol–water partition coefficient (Wildman–Crippen LogP) is 4.49. The van der Waals surface area contributed by atoms with Gasteiger partial charge in [0.25, 0.3) is 0 Å². The summed E-state index contributed by atoms with van der Waals surface area (Å²) in [5.74, 6) is 1.55. The summed E-state index contributed by atoms with van der Waals surface area (Å²) in [6, 6.07) is 14.4. The van der Waals surface area contributed by atoms with Gasteiger partial charge >= 0.3 is 0 Å². The zero-order chi connectivity index (χ0) is 19.5. The maximum atomic E-state index is 5.71. The van der Waals surface area contributed by atoms with Crippen LogP contribution in [-0.4, -0.2) is 30.1 Å². The Morgan fingerprint density at radius 2 is 1.82 bits per heavy atom. The monoisotopic (exact) mass is 393 g/mol. The summed E-state index contributed by atoms with van der Waals surface area (Å²) in [5.41, 5.74) is 5.29. The van der Waals surface area contributed by atoms with Crippen LogP contribution >= 0.6 is 11.3 Å². The summed E-state index contributed by atoms with van der Waals surface area (Å²) in [5, 5.41) is 7.02. The zero-order valence-corrected chi connectivity index (χ0v) is 17.1. The van der Waals surface area contributed by atoms with Gasteiger partial charge in [-0.15, -0.1) is 11.3 Å². The van der Waals surface area contributed by atoms with Gasteiger partial charge in [-0.2, -0.15) is 5.10 Å². The van der Waals surface area contributed by atoms with Crippen LogP contribution < -0.4 is 14.3 Å². The summed E-state index contributed by atoms with van der Waals surface area (Å²) in [6.45, 7) is 8.01. The Balaban J connectivity index is 1.78. The lowest BCUT2D eigenvalue weighted by Gasteiger charge is -2.18. The van der Waals surface area contributed by atoms with Crippen LogP contribution in [0.3, 0.4) is 0 Å². The van der Waals surface area contributed by atoms with E-state index in [9.17, 15) is 0 Å². The number of nitrogens with zero attached hydrogens (tertiary/aromatic N) is 3. The molecule has 0 fully saturated rings. The van der Waals surface area contributed by atoms with Crippen molar-refractivity contribution in [3.63, 3.8) is 0 Å². The summed E-state index contributed by atoms with van der Waals surface area (Å²) < 4.78 is 13.3. The van der Waals surface area contributed by atoms with E-state index in [1.54, 1.807) is 11.3 Å². The highest BCUT2D eigenvalue weighted by atomic mass is 32.1. The van der Waals surface area contributed by atoms with Crippen molar-refractivity contribution < 1.29 is 9.47 Å². The molecule has 3 aromatic rings. The summed E-state index contributed by atoms with van der Waals surface area (Å²) in [4.78, 5) is 5.50. The molecule has 4 rings (SSSR count). The second kappa shape index (κ2) is 8.02. The molecule has 1 aliphatic heterocycles. The van der Waals surface area contributed by atoms with E-state index in [0.717, 1.165) is 38.8 Å². The first-order valence-corrected chi connectivity index (χ1v) is 10.3. The normalized spacial score (nSPS) is 14.4. The van der Waals surface area contributed by atoms with Crippen LogP contribution in [0.5, 0.6) is 11.5 Å².